The maximum atomic E-state index is 9.93. The fourth-order valence-corrected chi connectivity index (χ4v) is 3.37. The number of nitrogens with zero attached hydrogens (tertiary/aromatic N) is 6. The van der Waals surface area contributed by atoms with Crippen LogP contribution in [-0.4, -0.2) is 62.8 Å². The highest BCUT2D eigenvalue weighted by molar-refractivity contribution is 5.80. The zero-order valence-corrected chi connectivity index (χ0v) is 18.2. The van der Waals surface area contributed by atoms with Crippen molar-refractivity contribution in [2.45, 2.75) is 0 Å². The van der Waals surface area contributed by atoms with Crippen LogP contribution in [0.1, 0.15) is 0 Å². The van der Waals surface area contributed by atoms with E-state index in [1.165, 1.54) is 18.3 Å². The lowest BCUT2D eigenvalue weighted by Gasteiger charge is -2.04. The van der Waals surface area contributed by atoms with Crippen molar-refractivity contribution >= 4 is 22.1 Å². The first-order valence-electron chi connectivity index (χ1n) is 10.2. The van der Waals surface area contributed by atoms with Crippen molar-refractivity contribution in [2.75, 3.05) is 7.11 Å². The van der Waals surface area contributed by atoms with Gasteiger partial charge < -0.3 is 30.0 Å². The Morgan fingerprint density at radius 2 is 1.17 bits per heavy atom. The Morgan fingerprint density at radius 3 is 1.66 bits per heavy atom. The van der Waals surface area contributed by atoms with Crippen molar-refractivity contribution in [1.29, 1.82) is 0 Å². The van der Waals surface area contributed by atoms with Crippen LogP contribution < -0.4 is 4.74 Å². The Labute approximate surface area is 197 Å². The van der Waals surface area contributed by atoms with E-state index in [4.69, 9.17) is 4.74 Å². The molecule has 2 aromatic carbocycles. The molecule has 6 rings (SSSR count). The van der Waals surface area contributed by atoms with Crippen molar-refractivity contribution < 1.29 is 20.1 Å². The summed E-state index contributed by atoms with van der Waals surface area (Å²) < 4.78 is 5.03. The topological polar surface area (TPSA) is 179 Å². The SMILES string of the molecule is COc1ccc(-c2nc3cnncc3[nH]2)c(O)c1.Oc1ccc(-c2nc3cnncc3[nH]2)c(O)c1. The third-order valence-electron chi connectivity index (χ3n) is 5.09. The maximum absolute atomic E-state index is 9.93. The molecular formula is C23H18N8O4. The number of nitrogens with one attached hydrogen (secondary N) is 2. The average Bonchev–Trinajstić information content (AvgIpc) is 3.48. The molecule has 0 unspecified atom stereocenters. The van der Waals surface area contributed by atoms with Gasteiger partial charge >= 0.3 is 0 Å². The van der Waals surface area contributed by atoms with Crippen LogP contribution in [0.2, 0.25) is 0 Å². The molecule has 0 atom stereocenters. The minimum Gasteiger partial charge on any atom is -0.508 e. The third-order valence-corrected chi connectivity index (χ3v) is 5.09. The molecule has 4 aromatic heterocycles. The predicted molar refractivity (Wildman–Crippen MR) is 126 cm³/mol. The number of phenols is 3. The summed E-state index contributed by atoms with van der Waals surface area (Å²) in [6.45, 7) is 0. The molecule has 12 heteroatoms. The molecule has 0 radical (unpaired) electrons. The molecule has 0 amide bonds. The molecule has 0 aliphatic heterocycles. The smallest absolute Gasteiger partial charge is 0.142 e. The number of methoxy groups -OCH3 is 1. The van der Waals surface area contributed by atoms with E-state index < -0.39 is 0 Å². The number of fused-ring (bicyclic) bond motifs is 2. The molecule has 35 heavy (non-hydrogen) atoms. The number of benzene rings is 2. The van der Waals surface area contributed by atoms with Crippen molar-refractivity contribution in [3.63, 3.8) is 0 Å². The normalized spacial score (nSPS) is 10.8. The van der Waals surface area contributed by atoms with E-state index in [1.807, 2.05) is 0 Å². The van der Waals surface area contributed by atoms with Crippen molar-refractivity contribution in [2.24, 2.45) is 0 Å². The van der Waals surface area contributed by atoms with Gasteiger partial charge in [-0.2, -0.15) is 20.4 Å². The van der Waals surface area contributed by atoms with Gasteiger partial charge in [0.25, 0.3) is 0 Å². The lowest BCUT2D eigenvalue weighted by molar-refractivity contribution is 0.408. The summed E-state index contributed by atoms with van der Waals surface area (Å²) in [5.74, 6) is 1.74. The summed E-state index contributed by atoms with van der Waals surface area (Å²) in [6.07, 6.45) is 6.25. The van der Waals surface area contributed by atoms with Crippen LogP contribution in [0.5, 0.6) is 23.0 Å². The molecule has 0 saturated heterocycles. The van der Waals surface area contributed by atoms with E-state index in [9.17, 15) is 15.3 Å². The van der Waals surface area contributed by atoms with Gasteiger partial charge in [-0.15, -0.1) is 0 Å². The minimum absolute atomic E-state index is 0.00527. The molecule has 0 spiro atoms. The van der Waals surface area contributed by atoms with Gasteiger partial charge in [-0.3, -0.25) is 0 Å². The van der Waals surface area contributed by atoms with Gasteiger partial charge in [-0.05, 0) is 24.3 Å². The number of phenolic OH excluding ortho intramolecular Hbond substituents is 3. The van der Waals surface area contributed by atoms with Gasteiger partial charge in [-0.25, -0.2) is 9.97 Å². The highest BCUT2D eigenvalue weighted by Gasteiger charge is 2.11. The van der Waals surface area contributed by atoms with E-state index in [1.54, 1.807) is 50.0 Å². The lowest BCUT2D eigenvalue weighted by atomic mass is 10.2. The number of hydrogen-bond donors (Lipinski definition) is 5. The van der Waals surface area contributed by atoms with Crippen molar-refractivity contribution in [1.82, 2.24) is 40.3 Å². The molecule has 6 aromatic rings. The average molecular weight is 470 g/mol. The Balaban J connectivity index is 0.000000145. The van der Waals surface area contributed by atoms with E-state index in [2.05, 4.69) is 40.3 Å². The van der Waals surface area contributed by atoms with Gasteiger partial charge in [0.05, 0.1) is 54.1 Å². The molecule has 0 bridgehead atoms. The second kappa shape index (κ2) is 8.94. The number of hydrogen-bond acceptors (Lipinski definition) is 10. The van der Waals surface area contributed by atoms with E-state index >= 15 is 0 Å². The Morgan fingerprint density at radius 1 is 0.657 bits per heavy atom. The van der Waals surface area contributed by atoms with Gasteiger partial charge in [0.15, 0.2) is 0 Å². The summed E-state index contributed by atoms with van der Waals surface area (Å²) in [6, 6.07) is 9.38. The standard InChI is InChI=1S/C12H10N4O2.C11H8N4O2/c1-18-7-2-3-8(11(17)4-7)12-15-9-5-13-14-6-10(9)16-12;16-6-1-2-7(10(17)3-6)11-14-8-4-12-13-5-9(8)15-11/h2-6,17H,1H3,(H,15,16);1-5,16-17H,(H,14,15). The molecule has 0 aliphatic carbocycles. The lowest BCUT2D eigenvalue weighted by Crippen LogP contribution is -1.85. The molecule has 5 N–H and O–H groups in total. The fourth-order valence-electron chi connectivity index (χ4n) is 3.37. The Bertz CT molecular complexity index is 1580. The van der Waals surface area contributed by atoms with Crippen LogP contribution in [0.3, 0.4) is 0 Å². The summed E-state index contributed by atoms with van der Waals surface area (Å²) in [7, 11) is 1.55. The summed E-state index contributed by atoms with van der Waals surface area (Å²) >= 11 is 0. The number of aromatic hydroxyl groups is 3. The van der Waals surface area contributed by atoms with E-state index in [-0.39, 0.29) is 17.2 Å². The number of imidazole rings is 2. The number of aromatic nitrogens is 8. The number of ether oxygens (including phenoxy) is 1. The van der Waals surface area contributed by atoms with Crippen LogP contribution in [0, 0.1) is 0 Å². The molecule has 0 saturated carbocycles. The number of H-pyrrole nitrogens is 2. The minimum atomic E-state index is -0.0371. The molecule has 174 valence electrons. The van der Waals surface area contributed by atoms with Gasteiger partial charge in [0, 0.05) is 12.1 Å². The highest BCUT2D eigenvalue weighted by Crippen LogP contribution is 2.32. The van der Waals surface area contributed by atoms with Crippen LogP contribution in [0.25, 0.3) is 44.8 Å². The van der Waals surface area contributed by atoms with Crippen LogP contribution in [0.15, 0.2) is 61.2 Å². The molecular weight excluding hydrogens is 452 g/mol. The van der Waals surface area contributed by atoms with Crippen molar-refractivity contribution in [3.05, 3.63) is 61.2 Å². The molecule has 0 aliphatic rings. The first kappa shape index (κ1) is 21.6. The molecule has 0 fully saturated rings. The maximum Gasteiger partial charge on any atom is 0.142 e. The quantitative estimate of drug-likeness (QED) is 0.258. The first-order chi connectivity index (χ1) is 17.0. The Hall–Kier alpha value is -5.26. The van der Waals surface area contributed by atoms with Crippen LogP contribution >= 0.6 is 0 Å². The Kier molecular flexibility index (Phi) is 5.51. The molecule has 4 heterocycles. The van der Waals surface area contributed by atoms with E-state index in [0.29, 0.717) is 39.6 Å². The van der Waals surface area contributed by atoms with Crippen LogP contribution in [-0.2, 0) is 0 Å². The summed E-state index contributed by atoms with van der Waals surface area (Å²) in [5, 5.41) is 43.8. The predicted octanol–water partition coefficient (Wildman–Crippen LogP) is 3.17. The van der Waals surface area contributed by atoms with Gasteiger partial charge in [0.1, 0.15) is 45.7 Å². The second-order valence-electron chi connectivity index (χ2n) is 7.33. The zero-order valence-electron chi connectivity index (χ0n) is 18.2. The summed E-state index contributed by atoms with van der Waals surface area (Å²) in [5.41, 5.74) is 4.00. The monoisotopic (exact) mass is 470 g/mol. The van der Waals surface area contributed by atoms with Gasteiger partial charge in [0.2, 0.25) is 0 Å². The van der Waals surface area contributed by atoms with Crippen molar-refractivity contribution in [3.8, 4) is 45.8 Å². The third kappa shape index (κ3) is 4.35. The number of rotatable bonds is 3. The highest BCUT2D eigenvalue weighted by atomic mass is 16.5. The second-order valence-corrected chi connectivity index (χ2v) is 7.33. The van der Waals surface area contributed by atoms with E-state index in [0.717, 1.165) is 11.0 Å². The van der Waals surface area contributed by atoms with Gasteiger partial charge in [-0.1, -0.05) is 0 Å². The largest absolute Gasteiger partial charge is 0.508 e. The molecule has 12 nitrogen and oxygen atoms in total. The fraction of sp³-hybridized carbons (Fsp3) is 0.0435. The number of aromatic amines is 2. The van der Waals surface area contributed by atoms with Crippen LogP contribution in [0.4, 0.5) is 0 Å². The first-order valence-corrected chi connectivity index (χ1v) is 10.2. The summed E-state index contributed by atoms with van der Waals surface area (Å²) in [4.78, 5) is 14.7. The zero-order chi connectivity index (χ0) is 24.4.